The Bertz CT molecular complexity index is 1240. The molecule has 0 aromatic heterocycles. The van der Waals surface area contributed by atoms with Crippen LogP contribution in [0.1, 0.15) is 56.7 Å². The summed E-state index contributed by atoms with van der Waals surface area (Å²) >= 11 is 1.57. The molecule has 0 bridgehead atoms. The molecule has 3 unspecified atom stereocenters. The quantitative estimate of drug-likeness (QED) is 0.175. The van der Waals surface area contributed by atoms with Gasteiger partial charge in [-0.3, -0.25) is 19.9 Å². The number of benzene rings is 2. The highest BCUT2D eigenvalue weighted by Gasteiger charge is 2.43. The van der Waals surface area contributed by atoms with Crippen molar-refractivity contribution in [1.82, 2.24) is 0 Å². The lowest BCUT2D eigenvalue weighted by molar-refractivity contribution is -0.384. The summed E-state index contributed by atoms with van der Waals surface area (Å²) in [6, 6.07) is 13.4. The van der Waals surface area contributed by atoms with E-state index in [1.807, 2.05) is 30.5 Å². The highest BCUT2D eigenvalue weighted by atomic mass is 32.2. The Balaban J connectivity index is 2.05. The molecular weight excluding hydrogens is 506 g/mol. The summed E-state index contributed by atoms with van der Waals surface area (Å²) in [6.07, 6.45) is 2.73. The van der Waals surface area contributed by atoms with Gasteiger partial charge in [0, 0.05) is 34.7 Å². The van der Waals surface area contributed by atoms with Gasteiger partial charge in [0.25, 0.3) is 5.69 Å². The first-order valence-electron chi connectivity index (χ1n) is 12.5. The average Bonchev–Trinajstić information content (AvgIpc) is 2.91. The van der Waals surface area contributed by atoms with Gasteiger partial charge in [0.1, 0.15) is 5.92 Å². The molecule has 0 aliphatic carbocycles. The number of carbonyl (C=O) groups excluding carboxylic acids is 2. The molecule has 0 saturated carbocycles. The van der Waals surface area contributed by atoms with Crippen molar-refractivity contribution in [3.05, 3.63) is 81.0 Å². The van der Waals surface area contributed by atoms with E-state index in [4.69, 9.17) is 20.2 Å². The lowest BCUT2D eigenvalue weighted by atomic mass is 9.75. The minimum absolute atomic E-state index is 0.0129. The summed E-state index contributed by atoms with van der Waals surface area (Å²) in [5, 5.41) is 11.0. The molecule has 1 aliphatic rings. The van der Waals surface area contributed by atoms with Crippen LogP contribution in [0.2, 0.25) is 0 Å². The molecule has 2 aromatic carbocycles. The van der Waals surface area contributed by atoms with E-state index in [0.29, 0.717) is 29.8 Å². The normalized spacial score (nSPS) is 18.0. The number of thioether (sulfide) groups is 1. The van der Waals surface area contributed by atoms with Crippen molar-refractivity contribution >= 4 is 35.1 Å². The van der Waals surface area contributed by atoms with Crippen molar-refractivity contribution < 1.29 is 24.0 Å². The molecule has 9 nitrogen and oxygen atoms in total. The van der Waals surface area contributed by atoms with Gasteiger partial charge >= 0.3 is 11.9 Å². The number of hydrogen-bond donors (Lipinski definition) is 1. The van der Waals surface area contributed by atoms with Gasteiger partial charge < -0.3 is 15.2 Å². The van der Waals surface area contributed by atoms with Crippen LogP contribution in [0.5, 0.6) is 0 Å². The van der Waals surface area contributed by atoms with Crippen molar-refractivity contribution in [3.8, 4) is 0 Å². The van der Waals surface area contributed by atoms with Gasteiger partial charge in [0.2, 0.25) is 0 Å². The average molecular weight is 540 g/mol. The summed E-state index contributed by atoms with van der Waals surface area (Å²) in [4.78, 5) is 42.8. The molecule has 1 aliphatic heterocycles. The number of ether oxygens (including phenoxy) is 2. The minimum atomic E-state index is -0.779. The number of nitro groups is 1. The maximum atomic E-state index is 13.4. The molecule has 0 saturated heterocycles. The van der Waals surface area contributed by atoms with E-state index < -0.39 is 34.7 Å². The third-order valence-corrected chi connectivity index (χ3v) is 7.15. The number of esters is 2. The van der Waals surface area contributed by atoms with Crippen LogP contribution >= 0.6 is 11.8 Å². The maximum Gasteiger partial charge on any atom is 0.336 e. The van der Waals surface area contributed by atoms with Gasteiger partial charge in [-0.05, 0) is 63.1 Å². The molecule has 38 heavy (non-hydrogen) atoms. The Labute approximate surface area is 226 Å². The number of nitrogens with zero attached hydrogens (tertiary/aromatic N) is 2. The van der Waals surface area contributed by atoms with Crippen LogP contribution in [0, 0.1) is 16.0 Å². The topological polar surface area (TPSA) is 134 Å². The molecule has 3 rings (SSSR count). The smallest absolute Gasteiger partial charge is 0.336 e. The summed E-state index contributed by atoms with van der Waals surface area (Å²) in [6.45, 7) is 5.61. The number of nitrogens with two attached hydrogens (primary N) is 1. The molecule has 3 atom stereocenters. The first kappa shape index (κ1) is 29.1. The number of hydrogen-bond acceptors (Lipinski definition) is 9. The number of aliphatic imine (C=N–C) groups is 1. The zero-order valence-electron chi connectivity index (χ0n) is 22.0. The molecule has 0 radical (unpaired) electrons. The largest absolute Gasteiger partial charge is 0.465 e. The maximum absolute atomic E-state index is 13.4. The molecule has 0 amide bonds. The Morgan fingerprint density at radius 1 is 1.13 bits per heavy atom. The van der Waals surface area contributed by atoms with E-state index in [-0.39, 0.29) is 18.9 Å². The first-order valence-corrected chi connectivity index (χ1v) is 13.7. The number of rotatable bonds is 11. The predicted octanol–water partition coefficient (Wildman–Crippen LogP) is 5.35. The van der Waals surface area contributed by atoms with Gasteiger partial charge in [-0.25, -0.2) is 4.79 Å². The van der Waals surface area contributed by atoms with Crippen molar-refractivity contribution in [2.45, 2.75) is 50.5 Å². The molecule has 10 heteroatoms. The van der Waals surface area contributed by atoms with Crippen LogP contribution in [-0.2, 0) is 19.1 Å². The van der Waals surface area contributed by atoms with E-state index in [1.165, 1.54) is 12.1 Å². The number of nitro benzene ring substituents is 1. The van der Waals surface area contributed by atoms with Gasteiger partial charge in [-0.2, -0.15) is 0 Å². The molecule has 0 spiro atoms. The van der Waals surface area contributed by atoms with Gasteiger partial charge in [0.15, 0.2) is 0 Å². The molecule has 0 fully saturated rings. The fourth-order valence-electron chi connectivity index (χ4n) is 4.61. The van der Waals surface area contributed by atoms with Crippen LogP contribution < -0.4 is 5.73 Å². The van der Waals surface area contributed by atoms with Crippen LogP contribution in [0.3, 0.4) is 0 Å². The predicted molar refractivity (Wildman–Crippen MR) is 147 cm³/mol. The number of allylic oxidation sites excluding steroid dienone is 1. The Kier molecular flexibility index (Phi) is 10.2. The van der Waals surface area contributed by atoms with E-state index in [9.17, 15) is 19.7 Å². The van der Waals surface area contributed by atoms with E-state index in [0.717, 1.165) is 16.0 Å². The number of non-ortho nitro benzene ring substituents is 1. The standard InChI is InChI=1S/C28H33N3O6S/c1-5-36-27(32)24-17(3)30-23(15-14-22(29)18-10-12-20(13-11-18)31(34)35)26(28(33)37-6-2)25(24)19-8-7-9-21(16-19)38-4/h7-13,16,22,24-25H,5-6,14-15,29H2,1-4H3. The molecule has 2 N–H and O–H groups in total. The number of carbonyl (C=O) groups is 2. The molecule has 2 aromatic rings. The van der Waals surface area contributed by atoms with Crippen molar-refractivity contribution in [2.24, 2.45) is 16.6 Å². The van der Waals surface area contributed by atoms with Crippen molar-refractivity contribution in [3.63, 3.8) is 0 Å². The van der Waals surface area contributed by atoms with E-state index in [1.54, 1.807) is 44.7 Å². The summed E-state index contributed by atoms with van der Waals surface area (Å²) < 4.78 is 10.9. The summed E-state index contributed by atoms with van der Waals surface area (Å²) in [5.41, 5.74) is 9.32. The lowest BCUT2D eigenvalue weighted by Crippen LogP contribution is -2.37. The third kappa shape index (κ3) is 6.68. The Morgan fingerprint density at radius 2 is 1.82 bits per heavy atom. The van der Waals surface area contributed by atoms with Crippen LogP contribution in [0.15, 0.2) is 69.7 Å². The van der Waals surface area contributed by atoms with Crippen molar-refractivity contribution in [2.75, 3.05) is 19.5 Å². The highest BCUT2D eigenvalue weighted by molar-refractivity contribution is 7.98. The van der Waals surface area contributed by atoms with Crippen LogP contribution in [-0.4, -0.2) is 42.0 Å². The van der Waals surface area contributed by atoms with Gasteiger partial charge in [-0.15, -0.1) is 11.8 Å². The molecular formula is C28H33N3O6S. The second-order valence-electron chi connectivity index (χ2n) is 8.81. The fourth-order valence-corrected chi connectivity index (χ4v) is 5.08. The second kappa shape index (κ2) is 13.3. The summed E-state index contributed by atoms with van der Waals surface area (Å²) in [7, 11) is 0. The zero-order valence-corrected chi connectivity index (χ0v) is 22.8. The van der Waals surface area contributed by atoms with Crippen LogP contribution in [0.25, 0.3) is 0 Å². The zero-order chi connectivity index (χ0) is 27.8. The van der Waals surface area contributed by atoms with Gasteiger partial charge in [-0.1, -0.05) is 24.3 Å². The third-order valence-electron chi connectivity index (χ3n) is 6.43. The lowest BCUT2D eigenvalue weighted by Gasteiger charge is -2.32. The van der Waals surface area contributed by atoms with Crippen molar-refractivity contribution in [1.29, 1.82) is 0 Å². The second-order valence-corrected chi connectivity index (χ2v) is 9.69. The highest BCUT2D eigenvalue weighted by Crippen LogP contribution is 2.42. The van der Waals surface area contributed by atoms with Crippen LogP contribution in [0.4, 0.5) is 5.69 Å². The fraction of sp³-hybridized carbons (Fsp3) is 0.393. The van der Waals surface area contributed by atoms with E-state index >= 15 is 0 Å². The Hall–Kier alpha value is -3.50. The monoisotopic (exact) mass is 539 g/mol. The SMILES string of the molecule is CCOC(=O)C1=C(CCC(N)c2ccc([N+](=O)[O-])cc2)N=C(C)C(C(=O)OCC)C1c1cccc(SC)c1. The van der Waals surface area contributed by atoms with E-state index in [2.05, 4.69) is 0 Å². The molecule has 1 heterocycles. The Morgan fingerprint density at radius 3 is 2.42 bits per heavy atom. The molecule has 202 valence electrons. The summed E-state index contributed by atoms with van der Waals surface area (Å²) in [5.74, 6) is -2.39. The van der Waals surface area contributed by atoms with Gasteiger partial charge in [0.05, 0.1) is 29.4 Å². The minimum Gasteiger partial charge on any atom is -0.465 e. The first-order chi connectivity index (χ1) is 18.2.